The second-order valence-electron chi connectivity index (χ2n) is 4.34. The molecule has 0 spiro atoms. The molecular formula is C13H22O. The van der Waals surface area contributed by atoms with Crippen LogP contribution in [0, 0.1) is 5.92 Å². The van der Waals surface area contributed by atoms with E-state index in [4.69, 9.17) is 0 Å². The van der Waals surface area contributed by atoms with Gasteiger partial charge >= 0.3 is 0 Å². The average Bonchev–Trinajstić information content (AvgIpc) is 2.21. The van der Waals surface area contributed by atoms with E-state index in [1.165, 1.54) is 38.5 Å². The molecule has 1 atom stereocenters. The van der Waals surface area contributed by atoms with Gasteiger partial charge in [-0.25, -0.2) is 0 Å². The van der Waals surface area contributed by atoms with Gasteiger partial charge in [0.2, 0.25) is 0 Å². The smallest absolute Gasteiger partial charge is 0.136 e. The Hall–Kier alpha value is -0.590. The molecule has 0 aromatic heterocycles. The highest BCUT2D eigenvalue weighted by Crippen LogP contribution is 2.17. The van der Waals surface area contributed by atoms with Crippen molar-refractivity contribution in [2.45, 2.75) is 58.3 Å². The standard InChI is InChI=1S/C13H22O/c1-12(14)13-10-8-6-4-2-3-5-7-9-11-13/h8,10,13H,2-7,9,11H2,1H3. The summed E-state index contributed by atoms with van der Waals surface area (Å²) in [5.74, 6) is 0.536. The molecule has 0 saturated carbocycles. The van der Waals surface area contributed by atoms with Crippen molar-refractivity contribution in [1.82, 2.24) is 0 Å². The lowest BCUT2D eigenvalue weighted by molar-refractivity contribution is -0.119. The van der Waals surface area contributed by atoms with Crippen molar-refractivity contribution in [1.29, 1.82) is 0 Å². The van der Waals surface area contributed by atoms with E-state index in [1.54, 1.807) is 6.92 Å². The minimum Gasteiger partial charge on any atom is -0.299 e. The Morgan fingerprint density at radius 2 is 1.71 bits per heavy atom. The molecule has 0 heterocycles. The first-order valence-corrected chi connectivity index (χ1v) is 5.98. The summed E-state index contributed by atoms with van der Waals surface area (Å²) in [6.45, 7) is 1.72. The largest absolute Gasteiger partial charge is 0.299 e. The zero-order chi connectivity index (χ0) is 10.2. The predicted molar refractivity (Wildman–Crippen MR) is 60.2 cm³/mol. The molecule has 1 nitrogen and oxygen atoms in total. The van der Waals surface area contributed by atoms with E-state index in [0.717, 1.165) is 12.8 Å². The molecular weight excluding hydrogens is 172 g/mol. The monoisotopic (exact) mass is 194 g/mol. The Morgan fingerprint density at radius 1 is 1.07 bits per heavy atom. The highest BCUT2D eigenvalue weighted by molar-refractivity contribution is 5.79. The van der Waals surface area contributed by atoms with Crippen LogP contribution in [0.15, 0.2) is 12.2 Å². The number of carbonyl (C=O) groups excluding carboxylic acids is 1. The normalized spacial score (nSPS) is 25.4. The Bertz CT molecular complexity index is 193. The quantitative estimate of drug-likeness (QED) is 0.579. The third kappa shape index (κ3) is 4.59. The maximum Gasteiger partial charge on any atom is 0.136 e. The number of Topliss-reactive ketones (excluding diaryl/α,β-unsaturated/α-hetero) is 1. The SMILES string of the molecule is CC(=O)C1C=CCCCCCCCC1. The first-order chi connectivity index (χ1) is 6.80. The molecule has 1 rings (SSSR count). The van der Waals surface area contributed by atoms with E-state index in [1.807, 2.05) is 0 Å². The number of hydrogen-bond acceptors (Lipinski definition) is 1. The van der Waals surface area contributed by atoms with E-state index < -0.39 is 0 Å². The molecule has 0 amide bonds. The number of hydrogen-bond donors (Lipinski definition) is 0. The van der Waals surface area contributed by atoms with Crippen molar-refractivity contribution < 1.29 is 4.79 Å². The summed E-state index contributed by atoms with van der Waals surface area (Å²) in [5.41, 5.74) is 0. The second kappa shape index (κ2) is 6.80. The molecule has 0 aromatic rings. The minimum atomic E-state index is 0.202. The molecule has 80 valence electrons. The van der Waals surface area contributed by atoms with Crippen LogP contribution >= 0.6 is 0 Å². The van der Waals surface area contributed by atoms with Crippen LogP contribution in [0.1, 0.15) is 58.3 Å². The van der Waals surface area contributed by atoms with Gasteiger partial charge in [0.1, 0.15) is 5.78 Å². The van der Waals surface area contributed by atoms with Crippen molar-refractivity contribution >= 4 is 5.78 Å². The van der Waals surface area contributed by atoms with Gasteiger partial charge in [0.05, 0.1) is 0 Å². The van der Waals surface area contributed by atoms with Gasteiger partial charge in [-0.05, 0) is 26.2 Å². The molecule has 0 aliphatic heterocycles. The van der Waals surface area contributed by atoms with E-state index in [0.29, 0.717) is 5.78 Å². The topological polar surface area (TPSA) is 17.1 Å². The van der Waals surface area contributed by atoms with Crippen molar-refractivity contribution in [3.05, 3.63) is 12.2 Å². The van der Waals surface area contributed by atoms with Crippen LogP contribution in [0.2, 0.25) is 0 Å². The summed E-state index contributed by atoms with van der Waals surface area (Å²) in [6, 6.07) is 0. The van der Waals surface area contributed by atoms with Crippen LogP contribution in [0.3, 0.4) is 0 Å². The summed E-state index contributed by atoms with van der Waals surface area (Å²) in [4.78, 5) is 11.3. The summed E-state index contributed by atoms with van der Waals surface area (Å²) in [7, 11) is 0. The van der Waals surface area contributed by atoms with E-state index in [-0.39, 0.29) is 5.92 Å². The number of carbonyl (C=O) groups is 1. The van der Waals surface area contributed by atoms with Crippen molar-refractivity contribution in [2.24, 2.45) is 5.92 Å². The highest BCUT2D eigenvalue weighted by atomic mass is 16.1. The molecule has 0 fully saturated rings. The Kier molecular flexibility index (Phi) is 5.58. The Morgan fingerprint density at radius 3 is 2.43 bits per heavy atom. The first kappa shape index (κ1) is 11.5. The van der Waals surface area contributed by atoms with Crippen LogP contribution < -0.4 is 0 Å². The van der Waals surface area contributed by atoms with Gasteiger partial charge in [0.25, 0.3) is 0 Å². The fourth-order valence-corrected chi connectivity index (χ4v) is 2.03. The summed E-state index contributed by atoms with van der Waals surface area (Å²) < 4.78 is 0. The van der Waals surface area contributed by atoms with Gasteiger partial charge in [-0.1, -0.05) is 44.3 Å². The molecule has 1 aliphatic carbocycles. The second-order valence-corrected chi connectivity index (χ2v) is 4.34. The maximum atomic E-state index is 11.3. The highest BCUT2D eigenvalue weighted by Gasteiger charge is 2.09. The molecule has 0 N–H and O–H groups in total. The van der Waals surface area contributed by atoms with E-state index in [2.05, 4.69) is 12.2 Å². The van der Waals surface area contributed by atoms with Crippen LogP contribution in [-0.4, -0.2) is 5.78 Å². The third-order valence-electron chi connectivity index (χ3n) is 3.03. The molecule has 0 radical (unpaired) electrons. The van der Waals surface area contributed by atoms with Gasteiger partial charge in [-0.3, -0.25) is 4.79 Å². The average molecular weight is 194 g/mol. The van der Waals surface area contributed by atoms with Crippen molar-refractivity contribution in [3.63, 3.8) is 0 Å². The summed E-state index contributed by atoms with van der Waals surface area (Å²) >= 11 is 0. The molecule has 1 unspecified atom stereocenters. The molecule has 0 saturated heterocycles. The van der Waals surface area contributed by atoms with Crippen molar-refractivity contribution in [2.75, 3.05) is 0 Å². The molecule has 1 heteroatoms. The van der Waals surface area contributed by atoms with Gasteiger partial charge in [-0.2, -0.15) is 0 Å². The predicted octanol–water partition coefficient (Wildman–Crippen LogP) is 3.88. The maximum absolute atomic E-state index is 11.3. The zero-order valence-corrected chi connectivity index (χ0v) is 9.30. The fraction of sp³-hybridized carbons (Fsp3) is 0.769. The van der Waals surface area contributed by atoms with Gasteiger partial charge in [0, 0.05) is 5.92 Å². The van der Waals surface area contributed by atoms with E-state index in [9.17, 15) is 4.79 Å². The van der Waals surface area contributed by atoms with Crippen LogP contribution in [0.4, 0.5) is 0 Å². The summed E-state index contributed by atoms with van der Waals surface area (Å²) in [5, 5.41) is 0. The van der Waals surface area contributed by atoms with Crippen LogP contribution in [0.25, 0.3) is 0 Å². The van der Waals surface area contributed by atoms with Crippen LogP contribution in [-0.2, 0) is 4.79 Å². The van der Waals surface area contributed by atoms with Gasteiger partial charge in [0.15, 0.2) is 0 Å². The van der Waals surface area contributed by atoms with Crippen LogP contribution in [0.5, 0.6) is 0 Å². The zero-order valence-electron chi connectivity index (χ0n) is 9.30. The van der Waals surface area contributed by atoms with Gasteiger partial charge < -0.3 is 0 Å². The van der Waals surface area contributed by atoms with Crippen molar-refractivity contribution in [3.8, 4) is 0 Å². The molecule has 14 heavy (non-hydrogen) atoms. The molecule has 1 aliphatic rings. The van der Waals surface area contributed by atoms with Gasteiger partial charge in [-0.15, -0.1) is 0 Å². The van der Waals surface area contributed by atoms with E-state index >= 15 is 0 Å². The lowest BCUT2D eigenvalue weighted by Gasteiger charge is -2.07. The Labute approximate surface area is 87.6 Å². The number of allylic oxidation sites excluding steroid dienone is 2. The lowest BCUT2D eigenvalue weighted by Crippen LogP contribution is -2.07. The number of ketones is 1. The lowest BCUT2D eigenvalue weighted by atomic mass is 9.97. The molecule has 0 bridgehead atoms. The molecule has 0 aromatic carbocycles. The number of rotatable bonds is 1. The minimum absolute atomic E-state index is 0.202. The summed E-state index contributed by atoms with van der Waals surface area (Å²) in [6.07, 6.45) is 14.5. The fourth-order valence-electron chi connectivity index (χ4n) is 2.03. The Balaban J connectivity index is 2.42. The third-order valence-corrected chi connectivity index (χ3v) is 3.03. The first-order valence-electron chi connectivity index (χ1n) is 5.98.